The number of nitrogens with one attached hydrogen (secondary N) is 2. The lowest BCUT2D eigenvalue weighted by Gasteiger charge is -2.11. The summed E-state index contributed by atoms with van der Waals surface area (Å²) >= 11 is 0. The number of fused-ring (bicyclic) bond motifs is 1. The molecule has 3 aromatic heterocycles. The Balaban J connectivity index is 1.31. The lowest BCUT2D eigenvalue weighted by Crippen LogP contribution is -2.10. The number of nitrogens with zero attached hydrogens (tertiary/aromatic N) is 6. The van der Waals surface area contributed by atoms with Crippen molar-refractivity contribution in [2.75, 3.05) is 19.4 Å². The van der Waals surface area contributed by atoms with Crippen LogP contribution in [-0.2, 0) is 19.5 Å². The Kier molecular flexibility index (Phi) is 7.08. The van der Waals surface area contributed by atoms with Crippen molar-refractivity contribution < 1.29 is 0 Å². The minimum atomic E-state index is 0.546. The molecule has 8 nitrogen and oxygen atoms in total. The van der Waals surface area contributed by atoms with Crippen molar-refractivity contribution >= 4 is 22.7 Å². The van der Waals surface area contributed by atoms with Crippen molar-refractivity contribution in [1.82, 2.24) is 34.6 Å². The highest BCUT2D eigenvalue weighted by molar-refractivity contribution is 5.86. The highest BCUT2D eigenvalue weighted by Gasteiger charge is 2.16. The molecule has 3 aromatic carbocycles. The van der Waals surface area contributed by atoms with Gasteiger partial charge in [0.05, 0.1) is 16.7 Å². The molecule has 0 saturated heterocycles. The summed E-state index contributed by atoms with van der Waals surface area (Å²) in [6.07, 6.45) is 4.60. The van der Waals surface area contributed by atoms with Gasteiger partial charge in [-0.2, -0.15) is 5.10 Å². The average molecular weight is 529 g/mol. The van der Waals surface area contributed by atoms with Crippen LogP contribution in [0.3, 0.4) is 0 Å². The van der Waals surface area contributed by atoms with Crippen molar-refractivity contribution in [1.29, 1.82) is 0 Å². The van der Waals surface area contributed by atoms with Crippen molar-refractivity contribution in [2.45, 2.75) is 26.4 Å². The van der Waals surface area contributed by atoms with Gasteiger partial charge in [-0.3, -0.25) is 4.68 Å². The molecule has 0 saturated carbocycles. The summed E-state index contributed by atoms with van der Waals surface area (Å²) in [5.74, 6) is 1.49. The predicted octanol–water partition coefficient (Wildman–Crippen LogP) is 6.30. The molecule has 2 N–H and O–H groups in total. The fraction of sp³-hybridized carbons (Fsp3) is 0.188. The molecule has 3 heterocycles. The number of imidazole rings is 1. The van der Waals surface area contributed by atoms with Gasteiger partial charge in [0.15, 0.2) is 0 Å². The molecule has 0 unspecified atom stereocenters. The first-order valence-electron chi connectivity index (χ1n) is 13.5. The van der Waals surface area contributed by atoms with E-state index in [4.69, 9.17) is 15.1 Å². The first-order valence-corrected chi connectivity index (χ1v) is 13.5. The van der Waals surface area contributed by atoms with Gasteiger partial charge in [-0.25, -0.2) is 15.0 Å². The van der Waals surface area contributed by atoms with Crippen LogP contribution in [0.5, 0.6) is 0 Å². The monoisotopic (exact) mass is 528 g/mol. The Morgan fingerprint density at radius 2 is 1.75 bits per heavy atom. The van der Waals surface area contributed by atoms with Gasteiger partial charge in [0, 0.05) is 48.7 Å². The fourth-order valence-corrected chi connectivity index (χ4v) is 4.88. The van der Waals surface area contributed by atoms with Gasteiger partial charge in [-0.05, 0) is 62.5 Å². The smallest absolute Gasteiger partial charge is 0.227 e. The van der Waals surface area contributed by atoms with Gasteiger partial charge >= 0.3 is 0 Å². The topological polar surface area (TPSA) is 87.5 Å². The summed E-state index contributed by atoms with van der Waals surface area (Å²) in [5, 5.41) is 8.28. The Morgan fingerprint density at radius 1 is 0.900 bits per heavy atom. The van der Waals surface area contributed by atoms with Crippen LogP contribution in [0.1, 0.15) is 23.9 Å². The molecular formula is C32H32N8. The summed E-state index contributed by atoms with van der Waals surface area (Å²) < 4.78 is 1.95. The number of aryl methyl sites for hydroxylation is 1. The SMILES string of the molecule is CCn1cc(-c2ccnc(Nc3cccc(CN(C)C)c3)n2)c(-c2ccc3nc(Cc4ccccc4)[nH]c3c2)n1. The van der Waals surface area contributed by atoms with Crippen LogP contribution in [0, 0.1) is 0 Å². The Morgan fingerprint density at radius 3 is 2.58 bits per heavy atom. The minimum Gasteiger partial charge on any atom is -0.342 e. The molecule has 0 aliphatic rings. The highest BCUT2D eigenvalue weighted by Crippen LogP contribution is 2.32. The number of aromatic amines is 1. The van der Waals surface area contributed by atoms with Gasteiger partial charge in [-0.1, -0.05) is 48.5 Å². The predicted molar refractivity (Wildman–Crippen MR) is 160 cm³/mol. The van der Waals surface area contributed by atoms with E-state index in [2.05, 4.69) is 102 Å². The van der Waals surface area contributed by atoms with Crippen molar-refractivity contribution in [3.63, 3.8) is 0 Å². The maximum atomic E-state index is 4.91. The van der Waals surface area contributed by atoms with E-state index in [-0.39, 0.29) is 0 Å². The molecule has 0 spiro atoms. The van der Waals surface area contributed by atoms with E-state index in [0.717, 1.165) is 64.6 Å². The quantitative estimate of drug-likeness (QED) is 0.229. The van der Waals surface area contributed by atoms with E-state index in [1.165, 1.54) is 11.1 Å². The van der Waals surface area contributed by atoms with E-state index in [9.17, 15) is 0 Å². The molecule has 0 fully saturated rings. The van der Waals surface area contributed by atoms with Crippen LogP contribution in [-0.4, -0.2) is 48.7 Å². The number of hydrogen-bond donors (Lipinski definition) is 2. The molecule has 200 valence electrons. The second kappa shape index (κ2) is 11.1. The average Bonchev–Trinajstić information content (AvgIpc) is 3.57. The zero-order valence-corrected chi connectivity index (χ0v) is 23.0. The number of benzene rings is 3. The molecular weight excluding hydrogens is 496 g/mol. The van der Waals surface area contributed by atoms with Crippen LogP contribution in [0.4, 0.5) is 11.6 Å². The molecule has 0 atom stereocenters. The fourth-order valence-electron chi connectivity index (χ4n) is 4.88. The highest BCUT2D eigenvalue weighted by atomic mass is 15.3. The molecule has 0 radical (unpaired) electrons. The first kappa shape index (κ1) is 25.5. The van der Waals surface area contributed by atoms with Crippen LogP contribution in [0.2, 0.25) is 0 Å². The van der Waals surface area contributed by atoms with Crippen LogP contribution >= 0.6 is 0 Å². The van der Waals surface area contributed by atoms with E-state index in [1.54, 1.807) is 6.20 Å². The molecule has 6 aromatic rings. The number of aromatic nitrogens is 6. The van der Waals surface area contributed by atoms with Crippen LogP contribution in [0.15, 0.2) is 91.3 Å². The number of anilines is 2. The largest absolute Gasteiger partial charge is 0.342 e. The molecule has 0 aliphatic heterocycles. The van der Waals surface area contributed by atoms with Crippen LogP contribution in [0.25, 0.3) is 33.5 Å². The van der Waals surface area contributed by atoms with E-state index in [1.807, 2.05) is 28.9 Å². The van der Waals surface area contributed by atoms with Gasteiger partial charge in [-0.15, -0.1) is 0 Å². The third-order valence-electron chi connectivity index (χ3n) is 6.72. The second-order valence-corrected chi connectivity index (χ2v) is 10.2. The lowest BCUT2D eigenvalue weighted by molar-refractivity contribution is 0.402. The zero-order chi connectivity index (χ0) is 27.5. The Hall–Kier alpha value is -4.82. The van der Waals surface area contributed by atoms with Gasteiger partial charge in [0.25, 0.3) is 0 Å². The van der Waals surface area contributed by atoms with E-state index < -0.39 is 0 Å². The van der Waals surface area contributed by atoms with Crippen molar-refractivity contribution in [3.05, 3.63) is 108 Å². The molecule has 6 rings (SSSR count). The van der Waals surface area contributed by atoms with E-state index >= 15 is 0 Å². The molecule has 0 amide bonds. The molecule has 0 bridgehead atoms. The van der Waals surface area contributed by atoms with Gasteiger partial charge in [0.1, 0.15) is 11.5 Å². The number of hydrogen-bond acceptors (Lipinski definition) is 6. The summed E-state index contributed by atoms with van der Waals surface area (Å²) in [7, 11) is 4.13. The summed E-state index contributed by atoms with van der Waals surface area (Å²) in [6.45, 7) is 3.71. The van der Waals surface area contributed by atoms with Gasteiger partial charge < -0.3 is 15.2 Å². The summed E-state index contributed by atoms with van der Waals surface area (Å²) in [6, 6.07) is 26.9. The number of H-pyrrole nitrogens is 1. The first-order chi connectivity index (χ1) is 19.5. The minimum absolute atomic E-state index is 0.546. The van der Waals surface area contributed by atoms with Crippen molar-refractivity contribution in [2.24, 2.45) is 0 Å². The second-order valence-electron chi connectivity index (χ2n) is 10.2. The number of rotatable bonds is 9. The van der Waals surface area contributed by atoms with Gasteiger partial charge in [0.2, 0.25) is 5.95 Å². The maximum Gasteiger partial charge on any atom is 0.227 e. The summed E-state index contributed by atoms with van der Waals surface area (Å²) in [4.78, 5) is 19.8. The van der Waals surface area contributed by atoms with E-state index in [0.29, 0.717) is 5.95 Å². The van der Waals surface area contributed by atoms with Crippen molar-refractivity contribution in [3.8, 4) is 22.5 Å². The standard InChI is InChI=1S/C32H32N8/c1-4-40-21-26(27-15-16-33-32(37-27)34-25-12-8-11-23(17-25)20-39(2)3)31(38-40)24-13-14-28-29(19-24)36-30(35-28)18-22-9-6-5-7-10-22/h5-17,19,21H,4,18,20H2,1-3H3,(H,35,36)(H,33,34,37). The summed E-state index contributed by atoms with van der Waals surface area (Å²) in [5.41, 5.74) is 8.98. The maximum absolute atomic E-state index is 4.91. The third-order valence-corrected chi connectivity index (χ3v) is 6.72. The molecule has 40 heavy (non-hydrogen) atoms. The lowest BCUT2D eigenvalue weighted by atomic mass is 10.1. The molecule has 0 aliphatic carbocycles. The zero-order valence-electron chi connectivity index (χ0n) is 23.0. The van der Waals surface area contributed by atoms with Crippen LogP contribution < -0.4 is 5.32 Å². The Labute approximate surface area is 233 Å². The molecule has 8 heteroatoms. The normalized spacial score (nSPS) is 11.4. The Bertz CT molecular complexity index is 1750. The third kappa shape index (κ3) is 5.62.